The summed E-state index contributed by atoms with van der Waals surface area (Å²) in [4.78, 5) is 12.9. The molecule has 3 aliphatic rings. The largest absolute Gasteiger partial charge is 0.465 e. The Bertz CT molecular complexity index is 475. The standard InChI is InChI=1S/C14H18N2O2/c1-9-12-6-10-4-2-3-5-11(10)7-13(15-9)16(8-12)14(17)18/h2-5,9,12-13,15H,6-8H2,1H3,(H,17,18). The predicted molar refractivity (Wildman–Crippen MR) is 68.5 cm³/mol. The highest BCUT2D eigenvalue weighted by Crippen LogP contribution is 2.28. The lowest BCUT2D eigenvalue weighted by atomic mass is 9.84. The highest BCUT2D eigenvalue weighted by Gasteiger charge is 2.37. The molecule has 1 amide bonds. The van der Waals surface area contributed by atoms with E-state index in [-0.39, 0.29) is 6.17 Å². The summed E-state index contributed by atoms with van der Waals surface area (Å²) < 4.78 is 0. The van der Waals surface area contributed by atoms with Crippen molar-refractivity contribution in [3.8, 4) is 0 Å². The molecule has 18 heavy (non-hydrogen) atoms. The quantitative estimate of drug-likeness (QED) is 0.732. The third-order valence-corrected chi connectivity index (χ3v) is 4.23. The molecule has 0 saturated carbocycles. The molecule has 4 heteroatoms. The monoisotopic (exact) mass is 246 g/mol. The van der Waals surface area contributed by atoms with E-state index in [0.717, 1.165) is 12.8 Å². The molecule has 1 aromatic rings. The molecule has 3 atom stereocenters. The molecule has 1 fully saturated rings. The molecule has 3 unspecified atom stereocenters. The molecule has 0 aromatic heterocycles. The number of nitrogens with one attached hydrogen (secondary N) is 1. The number of rotatable bonds is 0. The average Bonchev–Trinajstić information content (AvgIpc) is 2.30. The molecule has 1 aromatic carbocycles. The molecular formula is C14H18N2O2. The van der Waals surface area contributed by atoms with Gasteiger partial charge in [0, 0.05) is 19.0 Å². The number of hydrogen-bond donors (Lipinski definition) is 2. The van der Waals surface area contributed by atoms with Gasteiger partial charge in [-0.25, -0.2) is 4.79 Å². The molecule has 2 bridgehead atoms. The van der Waals surface area contributed by atoms with Crippen molar-refractivity contribution < 1.29 is 9.90 Å². The van der Waals surface area contributed by atoms with E-state index in [1.54, 1.807) is 4.90 Å². The molecular weight excluding hydrogens is 228 g/mol. The Labute approximate surface area is 107 Å². The Kier molecular flexibility index (Phi) is 2.74. The van der Waals surface area contributed by atoms with Gasteiger partial charge in [0.1, 0.15) is 0 Å². The average molecular weight is 246 g/mol. The van der Waals surface area contributed by atoms with Crippen LogP contribution in [0.15, 0.2) is 24.3 Å². The summed E-state index contributed by atoms with van der Waals surface area (Å²) in [6.45, 7) is 2.80. The van der Waals surface area contributed by atoms with E-state index >= 15 is 0 Å². The van der Waals surface area contributed by atoms with Crippen LogP contribution in [0.3, 0.4) is 0 Å². The summed E-state index contributed by atoms with van der Waals surface area (Å²) in [6, 6.07) is 8.76. The van der Waals surface area contributed by atoms with E-state index in [2.05, 4.69) is 30.4 Å². The van der Waals surface area contributed by atoms with E-state index in [0.29, 0.717) is 18.5 Å². The van der Waals surface area contributed by atoms with E-state index in [4.69, 9.17) is 0 Å². The first-order valence-electron chi connectivity index (χ1n) is 6.47. The van der Waals surface area contributed by atoms with Gasteiger partial charge in [-0.05, 0) is 30.4 Å². The Morgan fingerprint density at radius 2 is 2.00 bits per heavy atom. The number of carbonyl (C=O) groups is 1. The Morgan fingerprint density at radius 1 is 1.33 bits per heavy atom. The fourth-order valence-electron chi connectivity index (χ4n) is 3.14. The minimum atomic E-state index is -0.816. The smallest absolute Gasteiger partial charge is 0.408 e. The normalized spacial score (nSPS) is 30.5. The molecule has 0 spiro atoms. The topological polar surface area (TPSA) is 52.6 Å². The Hall–Kier alpha value is -1.55. The fraction of sp³-hybridized carbons (Fsp3) is 0.500. The molecule has 2 N–H and O–H groups in total. The third-order valence-electron chi connectivity index (χ3n) is 4.23. The second kappa shape index (κ2) is 4.28. The van der Waals surface area contributed by atoms with Crippen molar-refractivity contribution in [1.29, 1.82) is 0 Å². The van der Waals surface area contributed by atoms with Crippen LogP contribution in [-0.4, -0.2) is 34.9 Å². The van der Waals surface area contributed by atoms with Gasteiger partial charge in [-0.15, -0.1) is 0 Å². The zero-order chi connectivity index (χ0) is 12.7. The fourth-order valence-corrected chi connectivity index (χ4v) is 3.14. The van der Waals surface area contributed by atoms with Crippen molar-refractivity contribution in [3.05, 3.63) is 35.4 Å². The first-order chi connectivity index (χ1) is 8.65. The van der Waals surface area contributed by atoms with Gasteiger partial charge in [-0.1, -0.05) is 24.3 Å². The second-order valence-electron chi connectivity index (χ2n) is 5.34. The van der Waals surface area contributed by atoms with Gasteiger partial charge in [0.25, 0.3) is 0 Å². The Balaban J connectivity index is 1.99. The van der Waals surface area contributed by atoms with E-state index in [9.17, 15) is 9.90 Å². The molecule has 3 aliphatic heterocycles. The predicted octanol–water partition coefficient (Wildman–Crippen LogP) is 1.70. The number of fused-ring (bicyclic) bond motifs is 2. The van der Waals surface area contributed by atoms with Gasteiger partial charge in [0.2, 0.25) is 0 Å². The molecule has 1 saturated heterocycles. The second-order valence-corrected chi connectivity index (χ2v) is 5.34. The highest BCUT2D eigenvalue weighted by molar-refractivity contribution is 5.65. The summed E-state index contributed by atoms with van der Waals surface area (Å²) in [5.74, 6) is 0.360. The number of amides is 1. The van der Waals surface area contributed by atoms with Gasteiger partial charge < -0.3 is 5.11 Å². The summed E-state index contributed by atoms with van der Waals surface area (Å²) in [5.41, 5.74) is 2.66. The maximum atomic E-state index is 11.3. The number of nitrogens with zero attached hydrogens (tertiary/aromatic N) is 1. The lowest BCUT2D eigenvalue weighted by Crippen LogP contribution is -2.62. The SMILES string of the molecule is CC1NC2Cc3ccccc3CC1CN2C(=O)O. The van der Waals surface area contributed by atoms with Gasteiger partial charge in [-0.3, -0.25) is 10.2 Å². The summed E-state index contributed by atoms with van der Waals surface area (Å²) >= 11 is 0. The highest BCUT2D eigenvalue weighted by atomic mass is 16.4. The van der Waals surface area contributed by atoms with Gasteiger partial charge in [-0.2, -0.15) is 0 Å². The van der Waals surface area contributed by atoms with Crippen LogP contribution in [0.2, 0.25) is 0 Å². The van der Waals surface area contributed by atoms with Crippen LogP contribution in [0, 0.1) is 5.92 Å². The van der Waals surface area contributed by atoms with Crippen molar-refractivity contribution in [2.75, 3.05) is 6.54 Å². The first kappa shape index (κ1) is 11.5. The number of hydrogen-bond acceptors (Lipinski definition) is 2. The third kappa shape index (κ3) is 1.86. The van der Waals surface area contributed by atoms with Crippen molar-refractivity contribution in [3.63, 3.8) is 0 Å². The van der Waals surface area contributed by atoms with Crippen molar-refractivity contribution in [2.45, 2.75) is 32.0 Å². The number of benzene rings is 1. The van der Waals surface area contributed by atoms with E-state index in [1.165, 1.54) is 11.1 Å². The zero-order valence-corrected chi connectivity index (χ0v) is 10.5. The maximum Gasteiger partial charge on any atom is 0.408 e. The van der Waals surface area contributed by atoms with Crippen LogP contribution < -0.4 is 5.32 Å². The van der Waals surface area contributed by atoms with E-state index < -0.39 is 6.09 Å². The lowest BCUT2D eigenvalue weighted by molar-refractivity contribution is 0.0571. The molecule has 96 valence electrons. The van der Waals surface area contributed by atoms with Crippen LogP contribution in [0.25, 0.3) is 0 Å². The summed E-state index contributed by atoms with van der Waals surface area (Å²) in [5, 5.41) is 12.7. The molecule has 4 rings (SSSR count). The summed E-state index contributed by atoms with van der Waals surface area (Å²) in [7, 11) is 0. The first-order valence-corrected chi connectivity index (χ1v) is 6.47. The molecule has 0 aliphatic carbocycles. The van der Waals surface area contributed by atoms with Crippen LogP contribution in [0.1, 0.15) is 18.1 Å². The maximum absolute atomic E-state index is 11.3. The minimum absolute atomic E-state index is 0.0878. The van der Waals surface area contributed by atoms with Crippen LogP contribution in [0.5, 0.6) is 0 Å². The van der Waals surface area contributed by atoms with Gasteiger partial charge >= 0.3 is 6.09 Å². The Morgan fingerprint density at radius 3 is 2.67 bits per heavy atom. The van der Waals surface area contributed by atoms with Crippen molar-refractivity contribution in [2.24, 2.45) is 5.92 Å². The van der Waals surface area contributed by atoms with Gasteiger partial charge in [0.15, 0.2) is 0 Å². The lowest BCUT2D eigenvalue weighted by Gasteiger charge is -2.45. The van der Waals surface area contributed by atoms with Crippen molar-refractivity contribution >= 4 is 6.09 Å². The summed E-state index contributed by atoms with van der Waals surface area (Å²) in [6.07, 6.45) is 0.819. The van der Waals surface area contributed by atoms with Crippen molar-refractivity contribution in [1.82, 2.24) is 10.2 Å². The van der Waals surface area contributed by atoms with Gasteiger partial charge in [0.05, 0.1) is 6.17 Å². The van der Waals surface area contributed by atoms with Crippen LogP contribution >= 0.6 is 0 Å². The van der Waals surface area contributed by atoms with Crippen LogP contribution in [-0.2, 0) is 12.8 Å². The minimum Gasteiger partial charge on any atom is -0.465 e. The van der Waals surface area contributed by atoms with Crippen LogP contribution in [0.4, 0.5) is 4.79 Å². The number of carboxylic acid groups (broad SMARTS) is 1. The molecule has 3 heterocycles. The zero-order valence-electron chi connectivity index (χ0n) is 10.5. The van der Waals surface area contributed by atoms with E-state index in [1.807, 2.05) is 6.07 Å². The molecule has 4 nitrogen and oxygen atoms in total. The molecule has 0 radical (unpaired) electrons.